The van der Waals surface area contributed by atoms with Crippen molar-refractivity contribution in [1.82, 2.24) is 4.31 Å². The van der Waals surface area contributed by atoms with E-state index in [1.54, 1.807) is 38.1 Å². The summed E-state index contributed by atoms with van der Waals surface area (Å²) in [6, 6.07) is 8.25. The molecule has 0 spiro atoms. The van der Waals surface area contributed by atoms with Crippen molar-refractivity contribution >= 4 is 22.0 Å². The molecule has 160 valence electrons. The van der Waals surface area contributed by atoms with Gasteiger partial charge in [0.25, 0.3) is 5.54 Å². The first kappa shape index (κ1) is 21.7. The number of ether oxygens (including phenoxy) is 3. The fraction of sp³-hybridized carbons (Fsp3) is 0.600. The highest BCUT2D eigenvalue weighted by atomic mass is 32.2. The summed E-state index contributed by atoms with van der Waals surface area (Å²) in [5, 5.41) is 0. The first-order chi connectivity index (χ1) is 13.8. The van der Waals surface area contributed by atoms with Crippen LogP contribution in [0.2, 0.25) is 0 Å². The average molecular weight is 426 g/mol. The van der Waals surface area contributed by atoms with Crippen LogP contribution < -0.4 is 0 Å². The first-order valence-electron chi connectivity index (χ1n) is 9.80. The van der Waals surface area contributed by atoms with Crippen molar-refractivity contribution in [2.45, 2.75) is 44.4 Å². The van der Waals surface area contributed by atoms with E-state index in [4.69, 9.17) is 14.2 Å². The van der Waals surface area contributed by atoms with Gasteiger partial charge >= 0.3 is 11.9 Å². The molecule has 0 bridgehead atoms. The second-order valence-corrected chi connectivity index (χ2v) is 9.08. The molecule has 0 aliphatic carbocycles. The Morgan fingerprint density at radius 2 is 1.72 bits per heavy atom. The quantitative estimate of drug-likeness (QED) is 0.505. The number of hydrogen-bond acceptors (Lipinski definition) is 7. The summed E-state index contributed by atoms with van der Waals surface area (Å²) in [7, 11) is -4.04. The number of esters is 2. The van der Waals surface area contributed by atoms with Crippen molar-refractivity contribution in [3.63, 3.8) is 0 Å². The van der Waals surface area contributed by atoms with Gasteiger partial charge < -0.3 is 14.2 Å². The van der Waals surface area contributed by atoms with Gasteiger partial charge in [0.1, 0.15) is 6.10 Å². The third-order valence-electron chi connectivity index (χ3n) is 5.46. The van der Waals surface area contributed by atoms with Crippen LogP contribution in [0.1, 0.15) is 38.3 Å². The second-order valence-electron chi connectivity index (χ2n) is 7.22. The smallest absolute Gasteiger partial charge is 0.342 e. The Kier molecular flexibility index (Phi) is 6.30. The molecule has 1 aromatic carbocycles. The summed E-state index contributed by atoms with van der Waals surface area (Å²) in [5.41, 5.74) is -1.53. The number of carbonyl (C=O) groups excluding carboxylic acids is 2. The van der Waals surface area contributed by atoms with E-state index in [1.807, 2.05) is 6.07 Å². The maximum absolute atomic E-state index is 13.3. The molecule has 3 rings (SSSR count). The number of hydrogen-bond donors (Lipinski definition) is 0. The van der Waals surface area contributed by atoms with Gasteiger partial charge in [-0.05, 0) is 32.3 Å². The molecule has 2 saturated heterocycles. The number of carbonyl (C=O) groups is 2. The van der Waals surface area contributed by atoms with Gasteiger partial charge in [0, 0.05) is 12.5 Å². The number of rotatable bonds is 6. The molecular weight excluding hydrogens is 398 g/mol. The molecule has 2 heterocycles. The zero-order chi connectivity index (χ0) is 21.2. The maximum Gasteiger partial charge on any atom is 0.342 e. The van der Waals surface area contributed by atoms with E-state index in [0.717, 1.165) is 10.6 Å². The van der Waals surface area contributed by atoms with Crippen molar-refractivity contribution in [1.29, 1.82) is 0 Å². The SMILES string of the molecule is CCOC(=O)C1(C(=O)OCC)[C@H]2OCCC[C@@H]2[C@H](c2ccccc2)N1S(C)(=O)=O. The predicted molar refractivity (Wildman–Crippen MR) is 104 cm³/mol. The fourth-order valence-electron chi connectivity index (χ4n) is 4.56. The van der Waals surface area contributed by atoms with E-state index >= 15 is 0 Å². The van der Waals surface area contributed by atoms with Gasteiger partial charge in [0.15, 0.2) is 0 Å². The lowest BCUT2D eigenvalue weighted by Gasteiger charge is -2.37. The minimum Gasteiger partial charge on any atom is -0.464 e. The molecule has 9 heteroatoms. The van der Waals surface area contributed by atoms with Gasteiger partial charge in [-0.1, -0.05) is 30.3 Å². The summed E-state index contributed by atoms with van der Waals surface area (Å²) < 4.78 is 43.5. The number of fused-ring (bicyclic) bond motifs is 1. The van der Waals surface area contributed by atoms with Gasteiger partial charge in [0.05, 0.1) is 25.5 Å². The summed E-state index contributed by atoms with van der Waals surface area (Å²) >= 11 is 0. The lowest BCUT2D eigenvalue weighted by Crippen LogP contribution is -2.66. The molecule has 1 aromatic rings. The Labute approximate surface area is 171 Å². The molecule has 29 heavy (non-hydrogen) atoms. The summed E-state index contributed by atoms with van der Waals surface area (Å²) in [6.07, 6.45) is 1.31. The van der Waals surface area contributed by atoms with Crippen molar-refractivity contribution in [3.8, 4) is 0 Å². The normalized spacial score (nSPS) is 26.5. The molecule has 0 N–H and O–H groups in total. The first-order valence-corrected chi connectivity index (χ1v) is 11.6. The molecule has 0 unspecified atom stereocenters. The van der Waals surface area contributed by atoms with Crippen LogP contribution in [0.3, 0.4) is 0 Å². The van der Waals surface area contributed by atoms with Crippen LogP contribution in [-0.4, -0.2) is 62.4 Å². The topological polar surface area (TPSA) is 99.2 Å². The lowest BCUT2D eigenvalue weighted by atomic mass is 9.81. The van der Waals surface area contributed by atoms with E-state index in [2.05, 4.69) is 0 Å². The largest absolute Gasteiger partial charge is 0.464 e. The molecule has 2 fully saturated rings. The highest BCUT2D eigenvalue weighted by Gasteiger charge is 2.73. The molecule has 0 saturated carbocycles. The third kappa shape index (κ3) is 3.55. The lowest BCUT2D eigenvalue weighted by molar-refractivity contribution is -0.180. The minimum atomic E-state index is -4.04. The standard InChI is InChI=1S/C20H27NO7S/c1-4-26-18(22)20(19(23)27-5-2)17-15(12-9-13-28-17)16(21(20)29(3,24)25)14-10-7-6-8-11-14/h6-8,10-11,15-17H,4-5,9,12-13H2,1-3H3/t15-,16+,17+/m1/s1. The predicted octanol–water partition coefficient (Wildman–Crippen LogP) is 1.66. The summed E-state index contributed by atoms with van der Waals surface area (Å²) in [4.78, 5) is 26.5. The fourth-order valence-corrected chi connectivity index (χ4v) is 6.02. The maximum atomic E-state index is 13.3. The number of benzene rings is 1. The highest BCUT2D eigenvalue weighted by molar-refractivity contribution is 7.88. The molecule has 8 nitrogen and oxygen atoms in total. The van der Waals surface area contributed by atoms with Crippen LogP contribution in [0.5, 0.6) is 0 Å². The molecule has 2 aliphatic rings. The van der Waals surface area contributed by atoms with Crippen LogP contribution in [0.25, 0.3) is 0 Å². The van der Waals surface area contributed by atoms with E-state index < -0.39 is 45.6 Å². The van der Waals surface area contributed by atoms with Crippen LogP contribution in [0.4, 0.5) is 0 Å². The van der Waals surface area contributed by atoms with Gasteiger partial charge in [-0.25, -0.2) is 18.0 Å². The van der Waals surface area contributed by atoms with Crippen molar-refractivity contribution in [3.05, 3.63) is 35.9 Å². The Morgan fingerprint density at radius 3 is 2.24 bits per heavy atom. The van der Waals surface area contributed by atoms with Crippen molar-refractivity contribution in [2.24, 2.45) is 5.92 Å². The summed E-state index contributed by atoms with van der Waals surface area (Å²) in [5.74, 6) is -2.31. The molecule has 2 aliphatic heterocycles. The van der Waals surface area contributed by atoms with Crippen molar-refractivity contribution in [2.75, 3.05) is 26.1 Å². The zero-order valence-electron chi connectivity index (χ0n) is 16.9. The van der Waals surface area contributed by atoms with E-state index in [0.29, 0.717) is 25.0 Å². The second kappa shape index (κ2) is 8.41. The molecule has 0 radical (unpaired) electrons. The Bertz CT molecular complexity index is 837. The van der Waals surface area contributed by atoms with E-state index in [1.165, 1.54) is 0 Å². The minimum absolute atomic E-state index is 0.00895. The molecule has 0 aromatic heterocycles. The van der Waals surface area contributed by atoms with Crippen LogP contribution in [-0.2, 0) is 33.8 Å². The van der Waals surface area contributed by atoms with Gasteiger partial charge in [-0.2, -0.15) is 4.31 Å². The van der Waals surface area contributed by atoms with Gasteiger partial charge in [-0.15, -0.1) is 0 Å². The van der Waals surface area contributed by atoms with Crippen LogP contribution in [0.15, 0.2) is 30.3 Å². The van der Waals surface area contributed by atoms with Gasteiger partial charge in [-0.3, -0.25) is 0 Å². The Balaban J connectivity index is 2.30. The zero-order valence-corrected chi connectivity index (χ0v) is 17.7. The molecule has 3 atom stereocenters. The van der Waals surface area contributed by atoms with E-state index in [-0.39, 0.29) is 13.2 Å². The third-order valence-corrected chi connectivity index (χ3v) is 6.69. The monoisotopic (exact) mass is 425 g/mol. The number of sulfonamides is 1. The molecule has 0 amide bonds. The van der Waals surface area contributed by atoms with E-state index in [9.17, 15) is 18.0 Å². The average Bonchev–Trinajstić information content (AvgIpc) is 3.01. The molecular formula is C20H27NO7S. The Morgan fingerprint density at radius 1 is 1.14 bits per heavy atom. The summed E-state index contributed by atoms with van der Waals surface area (Å²) in [6.45, 7) is 3.51. The van der Waals surface area contributed by atoms with Crippen molar-refractivity contribution < 1.29 is 32.2 Å². The van der Waals surface area contributed by atoms with Crippen LogP contribution >= 0.6 is 0 Å². The number of nitrogens with zero attached hydrogens (tertiary/aromatic N) is 1. The van der Waals surface area contributed by atoms with Gasteiger partial charge in [0.2, 0.25) is 10.0 Å². The Hall–Kier alpha value is -1.97. The highest BCUT2D eigenvalue weighted by Crippen LogP contribution is 2.54. The van der Waals surface area contributed by atoms with Crippen LogP contribution in [0, 0.1) is 5.92 Å².